The van der Waals surface area contributed by atoms with E-state index in [2.05, 4.69) is 41.8 Å². The molecule has 1 unspecified atom stereocenters. The lowest BCUT2D eigenvalue weighted by Crippen LogP contribution is -2.24. The summed E-state index contributed by atoms with van der Waals surface area (Å²) in [7, 11) is 0. The Bertz CT molecular complexity index is 312. The van der Waals surface area contributed by atoms with Crippen LogP contribution in [0.2, 0.25) is 0 Å². The summed E-state index contributed by atoms with van der Waals surface area (Å²) in [4.78, 5) is 4.37. The predicted molar refractivity (Wildman–Crippen MR) is 63.0 cm³/mol. The molecule has 1 fully saturated rings. The van der Waals surface area contributed by atoms with Gasteiger partial charge in [0, 0.05) is 24.5 Å². The van der Waals surface area contributed by atoms with E-state index in [1.807, 2.05) is 6.20 Å². The summed E-state index contributed by atoms with van der Waals surface area (Å²) >= 11 is 0. The Balaban J connectivity index is 2.08. The number of hydrogen-bond donors (Lipinski definition) is 1. The topological polar surface area (TPSA) is 29.9 Å². The number of hydrogen-bond acceptors (Lipinski definition) is 2. The molecule has 2 rings (SSSR count). The van der Waals surface area contributed by atoms with Gasteiger partial charge in [-0.2, -0.15) is 0 Å². The van der Waals surface area contributed by atoms with Crippen LogP contribution in [0.4, 0.5) is 5.95 Å². The van der Waals surface area contributed by atoms with E-state index < -0.39 is 0 Å². The maximum absolute atomic E-state index is 4.37. The Morgan fingerprint density at radius 3 is 2.67 bits per heavy atom. The monoisotopic (exact) mass is 207 g/mol. The average Bonchev–Trinajstić information content (AvgIpc) is 2.47. The van der Waals surface area contributed by atoms with Gasteiger partial charge < -0.3 is 9.88 Å². The SMILES string of the molecule is CC(C)Nc1nccn1C(C)C1CCC1. The highest BCUT2D eigenvalue weighted by Gasteiger charge is 2.26. The Morgan fingerprint density at radius 1 is 1.40 bits per heavy atom. The van der Waals surface area contributed by atoms with Crippen molar-refractivity contribution in [1.82, 2.24) is 9.55 Å². The highest BCUT2D eigenvalue weighted by atomic mass is 15.2. The first-order valence-electron chi connectivity index (χ1n) is 5.98. The van der Waals surface area contributed by atoms with E-state index in [0.717, 1.165) is 11.9 Å². The maximum atomic E-state index is 4.37. The summed E-state index contributed by atoms with van der Waals surface area (Å²) in [6.45, 7) is 6.59. The molecule has 1 N–H and O–H groups in total. The van der Waals surface area contributed by atoms with Crippen molar-refractivity contribution in [2.45, 2.75) is 52.1 Å². The first-order chi connectivity index (χ1) is 7.18. The molecular weight excluding hydrogens is 186 g/mol. The summed E-state index contributed by atoms with van der Waals surface area (Å²) in [5.74, 6) is 1.87. The van der Waals surface area contributed by atoms with Crippen molar-refractivity contribution in [1.29, 1.82) is 0 Å². The van der Waals surface area contributed by atoms with Crippen LogP contribution in [-0.2, 0) is 0 Å². The van der Waals surface area contributed by atoms with Gasteiger partial charge in [-0.1, -0.05) is 6.42 Å². The second kappa shape index (κ2) is 4.25. The van der Waals surface area contributed by atoms with E-state index in [4.69, 9.17) is 0 Å². The molecule has 0 radical (unpaired) electrons. The molecular formula is C12H21N3. The molecule has 1 atom stereocenters. The number of nitrogens with zero attached hydrogens (tertiary/aromatic N) is 2. The summed E-state index contributed by atoms with van der Waals surface area (Å²) < 4.78 is 2.28. The number of nitrogens with one attached hydrogen (secondary N) is 1. The third-order valence-corrected chi connectivity index (χ3v) is 3.36. The Kier molecular flexibility index (Phi) is 2.98. The third kappa shape index (κ3) is 2.16. The van der Waals surface area contributed by atoms with Gasteiger partial charge in [0.25, 0.3) is 0 Å². The van der Waals surface area contributed by atoms with Crippen LogP contribution in [-0.4, -0.2) is 15.6 Å². The molecule has 0 aromatic carbocycles. The molecule has 0 saturated heterocycles. The fourth-order valence-electron chi connectivity index (χ4n) is 2.16. The molecule has 15 heavy (non-hydrogen) atoms. The number of aromatic nitrogens is 2. The van der Waals surface area contributed by atoms with Crippen LogP contribution >= 0.6 is 0 Å². The number of rotatable bonds is 4. The van der Waals surface area contributed by atoms with Gasteiger partial charge in [-0.25, -0.2) is 4.98 Å². The van der Waals surface area contributed by atoms with Crippen LogP contribution in [0.1, 0.15) is 46.1 Å². The van der Waals surface area contributed by atoms with Crippen molar-refractivity contribution in [3.05, 3.63) is 12.4 Å². The summed E-state index contributed by atoms with van der Waals surface area (Å²) in [6.07, 6.45) is 8.13. The zero-order valence-corrected chi connectivity index (χ0v) is 9.90. The molecule has 1 aromatic heterocycles. The number of imidazole rings is 1. The zero-order valence-electron chi connectivity index (χ0n) is 9.90. The van der Waals surface area contributed by atoms with Crippen molar-refractivity contribution in [2.75, 3.05) is 5.32 Å². The number of anilines is 1. The van der Waals surface area contributed by atoms with Gasteiger partial charge in [-0.05, 0) is 39.5 Å². The van der Waals surface area contributed by atoms with Gasteiger partial charge in [-0.15, -0.1) is 0 Å². The highest BCUT2D eigenvalue weighted by Crippen LogP contribution is 2.37. The van der Waals surface area contributed by atoms with Crippen LogP contribution in [0.25, 0.3) is 0 Å². The lowest BCUT2D eigenvalue weighted by atomic mass is 9.80. The van der Waals surface area contributed by atoms with Gasteiger partial charge in [-0.3, -0.25) is 0 Å². The summed E-state index contributed by atoms with van der Waals surface area (Å²) in [6, 6.07) is 1.03. The van der Waals surface area contributed by atoms with E-state index in [1.165, 1.54) is 19.3 Å². The molecule has 1 saturated carbocycles. The highest BCUT2D eigenvalue weighted by molar-refractivity contribution is 5.27. The molecule has 84 valence electrons. The van der Waals surface area contributed by atoms with Gasteiger partial charge in [0.15, 0.2) is 0 Å². The van der Waals surface area contributed by atoms with E-state index in [-0.39, 0.29) is 0 Å². The normalized spacial score (nSPS) is 18.9. The molecule has 0 aliphatic heterocycles. The quantitative estimate of drug-likeness (QED) is 0.822. The second-order valence-corrected chi connectivity index (χ2v) is 4.89. The smallest absolute Gasteiger partial charge is 0.203 e. The van der Waals surface area contributed by atoms with Crippen molar-refractivity contribution < 1.29 is 0 Å². The molecule has 0 spiro atoms. The van der Waals surface area contributed by atoms with Gasteiger partial charge >= 0.3 is 0 Å². The Labute approximate surface area is 91.9 Å². The molecule has 0 bridgehead atoms. The van der Waals surface area contributed by atoms with Crippen molar-refractivity contribution >= 4 is 5.95 Å². The first-order valence-corrected chi connectivity index (χ1v) is 5.98. The zero-order chi connectivity index (χ0) is 10.8. The van der Waals surface area contributed by atoms with Crippen molar-refractivity contribution in [3.63, 3.8) is 0 Å². The molecule has 3 nitrogen and oxygen atoms in total. The minimum atomic E-state index is 0.444. The largest absolute Gasteiger partial charge is 0.353 e. The Morgan fingerprint density at radius 2 is 2.13 bits per heavy atom. The first kappa shape index (κ1) is 10.5. The minimum Gasteiger partial charge on any atom is -0.353 e. The van der Waals surface area contributed by atoms with Crippen LogP contribution in [0.3, 0.4) is 0 Å². The van der Waals surface area contributed by atoms with Crippen LogP contribution in [0, 0.1) is 5.92 Å². The summed E-state index contributed by atoms with van der Waals surface area (Å²) in [5, 5.41) is 3.39. The molecule has 3 heteroatoms. The Hall–Kier alpha value is -0.990. The second-order valence-electron chi connectivity index (χ2n) is 4.89. The van der Waals surface area contributed by atoms with Gasteiger partial charge in [0.05, 0.1) is 0 Å². The van der Waals surface area contributed by atoms with E-state index in [9.17, 15) is 0 Å². The molecule has 1 aromatic rings. The lowest BCUT2D eigenvalue weighted by molar-refractivity contribution is 0.224. The van der Waals surface area contributed by atoms with E-state index in [0.29, 0.717) is 12.1 Å². The van der Waals surface area contributed by atoms with Crippen LogP contribution < -0.4 is 5.32 Å². The van der Waals surface area contributed by atoms with Crippen molar-refractivity contribution in [2.24, 2.45) is 5.92 Å². The fourth-order valence-corrected chi connectivity index (χ4v) is 2.16. The van der Waals surface area contributed by atoms with E-state index >= 15 is 0 Å². The maximum Gasteiger partial charge on any atom is 0.203 e. The fraction of sp³-hybridized carbons (Fsp3) is 0.750. The molecule has 1 aliphatic rings. The third-order valence-electron chi connectivity index (χ3n) is 3.36. The van der Waals surface area contributed by atoms with Crippen molar-refractivity contribution in [3.8, 4) is 0 Å². The summed E-state index contributed by atoms with van der Waals surface area (Å²) in [5.41, 5.74) is 0. The van der Waals surface area contributed by atoms with Crippen LogP contribution in [0.5, 0.6) is 0 Å². The molecule has 1 heterocycles. The molecule has 0 amide bonds. The lowest BCUT2D eigenvalue weighted by Gasteiger charge is -2.33. The minimum absolute atomic E-state index is 0.444. The predicted octanol–water partition coefficient (Wildman–Crippen LogP) is 3.06. The van der Waals surface area contributed by atoms with E-state index in [1.54, 1.807) is 0 Å². The van der Waals surface area contributed by atoms with Crippen LogP contribution in [0.15, 0.2) is 12.4 Å². The van der Waals surface area contributed by atoms with Gasteiger partial charge in [0.1, 0.15) is 0 Å². The average molecular weight is 207 g/mol. The molecule has 1 aliphatic carbocycles. The van der Waals surface area contributed by atoms with Gasteiger partial charge in [0.2, 0.25) is 5.95 Å². The standard InChI is InChI=1S/C12H21N3/c1-9(2)14-12-13-7-8-15(12)10(3)11-5-4-6-11/h7-11H,4-6H2,1-3H3,(H,13,14).